The van der Waals surface area contributed by atoms with Crippen LogP contribution in [0.4, 0.5) is 0 Å². The molecule has 0 bridgehead atoms. The van der Waals surface area contributed by atoms with Gasteiger partial charge in [-0.1, -0.05) is 84.9 Å². The van der Waals surface area contributed by atoms with Gasteiger partial charge in [-0.05, 0) is 32.9 Å². The molecule has 0 saturated carbocycles. The van der Waals surface area contributed by atoms with E-state index in [0.717, 1.165) is 27.6 Å². The van der Waals surface area contributed by atoms with E-state index in [2.05, 4.69) is 9.24 Å². The van der Waals surface area contributed by atoms with E-state index in [4.69, 9.17) is 0 Å². The fraction of sp³-hybridized carbons (Fsp3) is 0. The standard InChI is InChI=1S/C22H17O3PS/c23-27(24,25)22-18-14-8-7-13-17(18)19(15-9-3-1-4-10-15)20(21(22)26)16-11-5-2-6-12-16/h1-14H,26H2,(H,23,24,25). The van der Waals surface area contributed by atoms with E-state index in [1.807, 2.05) is 72.8 Å². The van der Waals surface area contributed by atoms with Crippen molar-refractivity contribution in [1.82, 2.24) is 0 Å². The van der Waals surface area contributed by atoms with Crippen molar-refractivity contribution in [1.29, 1.82) is 0 Å². The number of fused-ring (bicyclic) bond motifs is 1. The molecule has 0 fully saturated rings. The average Bonchev–Trinajstić information content (AvgIpc) is 2.67. The van der Waals surface area contributed by atoms with Crippen molar-refractivity contribution in [2.75, 3.05) is 0 Å². The first-order valence-electron chi connectivity index (χ1n) is 8.41. The van der Waals surface area contributed by atoms with E-state index in [1.165, 1.54) is 0 Å². The summed E-state index contributed by atoms with van der Waals surface area (Å²) in [5.74, 6) is 0. The van der Waals surface area contributed by atoms with Crippen LogP contribution in [-0.2, 0) is 10.1 Å². The van der Waals surface area contributed by atoms with Crippen molar-refractivity contribution in [3.63, 3.8) is 0 Å². The van der Waals surface area contributed by atoms with Crippen LogP contribution in [-0.4, -0.2) is 13.0 Å². The molecule has 1 atom stereocenters. The van der Waals surface area contributed by atoms with Gasteiger partial charge in [0.25, 0.3) is 10.1 Å². The summed E-state index contributed by atoms with van der Waals surface area (Å²) in [6.07, 6.45) is 0. The minimum Gasteiger partial charge on any atom is -0.282 e. The zero-order chi connectivity index (χ0) is 19.0. The summed E-state index contributed by atoms with van der Waals surface area (Å²) in [5, 5.41) is 1.74. The molecule has 4 aromatic carbocycles. The Labute approximate surface area is 160 Å². The van der Waals surface area contributed by atoms with Crippen molar-refractivity contribution in [2.45, 2.75) is 4.90 Å². The first-order chi connectivity index (χ1) is 13.0. The lowest BCUT2D eigenvalue weighted by molar-refractivity contribution is 0.485. The maximum absolute atomic E-state index is 12.2. The minimum atomic E-state index is -4.41. The van der Waals surface area contributed by atoms with Gasteiger partial charge >= 0.3 is 0 Å². The van der Waals surface area contributed by atoms with Gasteiger partial charge in [-0.15, -0.1) is 9.24 Å². The molecule has 0 heterocycles. The van der Waals surface area contributed by atoms with E-state index in [1.54, 1.807) is 12.1 Å². The van der Waals surface area contributed by atoms with Crippen LogP contribution in [0.25, 0.3) is 33.0 Å². The number of hydrogen-bond donors (Lipinski definition) is 1. The molecule has 27 heavy (non-hydrogen) atoms. The van der Waals surface area contributed by atoms with Crippen LogP contribution in [0.2, 0.25) is 0 Å². The Morgan fingerprint density at radius 1 is 0.630 bits per heavy atom. The van der Waals surface area contributed by atoms with E-state index in [9.17, 15) is 13.0 Å². The fourth-order valence-corrected chi connectivity index (χ4v) is 5.26. The Kier molecular flexibility index (Phi) is 4.56. The van der Waals surface area contributed by atoms with Crippen LogP contribution in [0.5, 0.6) is 0 Å². The van der Waals surface area contributed by atoms with Crippen molar-refractivity contribution >= 4 is 35.4 Å². The topological polar surface area (TPSA) is 54.4 Å². The Hall–Kier alpha value is -2.52. The van der Waals surface area contributed by atoms with E-state index < -0.39 is 10.1 Å². The lowest BCUT2D eigenvalue weighted by atomic mass is 9.89. The molecular formula is C22H17O3PS. The third kappa shape index (κ3) is 3.17. The predicted octanol–water partition coefficient (Wildman–Crippen LogP) is 4.92. The van der Waals surface area contributed by atoms with E-state index >= 15 is 0 Å². The molecular weight excluding hydrogens is 375 g/mol. The van der Waals surface area contributed by atoms with Crippen LogP contribution >= 0.6 is 9.24 Å². The van der Waals surface area contributed by atoms with Gasteiger partial charge in [-0.3, -0.25) is 4.55 Å². The molecule has 0 spiro atoms. The normalized spacial score (nSPS) is 11.6. The first-order valence-corrected chi connectivity index (χ1v) is 10.4. The fourth-order valence-electron chi connectivity index (χ4n) is 3.51. The molecule has 0 radical (unpaired) electrons. The second-order valence-electron chi connectivity index (χ2n) is 6.25. The molecule has 5 heteroatoms. The molecule has 0 aliphatic rings. The van der Waals surface area contributed by atoms with Crippen LogP contribution in [0.1, 0.15) is 0 Å². The Morgan fingerprint density at radius 2 is 1.07 bits per heavy atom. The lowest BCUT2D eigenvalue weighted by Gasteiger charge is -2.20. The molecule has 0 aromatic heterocycles. The number of benzene rings is 4. The summed E-state index contributed by atoms with van der Waals surface area (Å²) in [6.45, 7) is 0. The molecule has 4 aromatic rings. The first kappa shape index (κ1) is 17.9. The van der Waals surface area contributed by atoms with E-state index in [0.29, 0.717) is 10.7 Å². The predicted molar refractivity (Wildman–Crippen MR) is 114 cm³/mol. The highest BCUT2D eigenvalue weighted by atomic mass is 32.2. The largest absolute Gasteiger partial charge is 0.295 e. The summed E-state index contributed by atoms with van der Waals surface area (Å²) >= 11 is 0. The van der Waals surface area contributed by atoms with Crippen LogP contribution in [0.3, 0.4) is 0 Å². The molecule has 0 saturated heterocycles. The number of rotatable bonds is 3. The summed E-state index contributed by atoms with van der Waals surface area (Å²) in [6, 6.07) is 26.8. The minimum absolute atomic E-state index is 0.0679. The van der Waals surface area contributed by atoms with E-state index in [-0.39, 0.29) is 4.90 Å². The summed E-state index contributed by atoms with van der Waals surface area (Å²) in [7, 11) is -1.89. The van der Waals surface area contributed by atoms with Gasteiger partial charge in [0.15, 0.2) is 0 Å². The molecule has 4 rings (SSSR count). The quantitative estimate of drug-likeness (QED) is 0.398. The van der Waals surface area contributed by atoms with Crippen molar-refractivity contribution in [2.24, 2.45) is 0 Å². The van der Waals surface area contributed by atoms with Gasteiger partial charge < -0.3 is 0 Å². The second-order valence-corrected chi connectivity index (χ2v) is 8.18. The highest BCUT2D eigenvalue weighted by Crippen LogP contribution is 2.40. The summed E-state index contributed by atoms with van der Waals surface area (Å²) in [4.78, 5) is -0.0679. The summed E-state index contributed by atoms with van der Waals surface area (Å²) in [5.41, 5.74) is 3.59. The second kappa shape index (κ2) is 6.90. The molecule has 0 aliphatic heterocycles. The van der Waals surface area contributed by atoms with Gasteiger partial charge in [0, 0.05) is 5.39 Å². The molecule has 0 amide bonds. The van der Waals surface area contributed by atoms with Crippen molar-refractivity contribution in [3.05, 3.63) is 84.9 Å². The molecule has 0 aliphatic carbocycles. The van der Waals surface area contributed by atoms with Crippen LogP contribution in [0.15, 0.2) is 89.8 Å². The monoisotopic (exact) mass is 392 g/mol. The third-order valence-corrected chi connectivity index (χ3v) is 6.33. The molecule has 134 valence electrons. The summed E-state index contributed by atoms with van der Waals surface area (Å²) < 4.78 is 34.4. The molecule has 1 unspecified atom stereocenters. The van der Waals surface area contributed by atoms with Gasteiger partial charge in [-0.2, -0.15) is 8.42 Å². The maximum Gasteiger partial charge on any atom is 0.295 e. The van der Waals surface area contributed by atoms with Gasteiger partial charge in [-0.25, -0.2) is 0 Å². The SMILES string of the molecule is O=S(=O)(O)c1c(P)c(-c2ccccc2)c(-c2ccccc2)c2ccccc12. The highest BCUT2D eigenvalue weighted by molar-refractivity contribution is 7.86. The lowest BCUT2D eigenvalue weighted by Crippen LogP contribution is -2.14. The van der Waals surface area contributed by atoms with Crippen molar-refractivity contribution in [3.8, 4) is 22.3 Å². The van der Waals surface area contributed by atoms with Gasteiger partial charge in [0.05, 0.1) is 0 Å². The Bertz CT molecular complexity index is 1240. The highest BCUT2D eigenvalue weighted by Gasteiger charge is 2.25. The third-order valence-electron chi connectivity index (χ3n) is 4.59. The Balaban J connectivity index is 2.28. The van der Waals surface area contributed by atoms with Crippen LogP contribution in [0, 0.1) is 0 Å². The average molecular weight is 392 g/mol. The van der Waals surface area contributed by atoms with Crippen molar-refractivity contribution < 1.29 is 13.0 Å². The zero-order valence-corrected chi connectivity index (χ0v) is 16.3. The zero-order valence-electron chi connectivity index (χ0n) is 14.3. The maximum atomic E-state index is 12.2. The molecule has 1 N–H and O–H groups in total. The van der Waals surface area contributed by atoms with Gasteiger partial charge in [0.1, 0.15) is 4.90 Å². The van der Waals surface area contributed by atoms with Crippen LogP contribution < -0.4 is 5.30 Å². The van der Waals surface area contributed by atoms with Gasteiger partial charge in [0.2, 0.25) is 0 Å². The smallest absolute Gasteiger partial charge is 0.282 e. The Morgan fingerprint density at radius 3 is 1.59 bits per heavy atom. The number of hydrogen-bond acceptors (Lipinski definition) is 2. The molecule has 3 nitrogen and oxygen atoms in total.